The van der Waals surface area contributed by atoms with E-state index in [2.05, 4.69) is 20.6 Å². The summed E-state index contributed by atoms with van der Waals surface area (Å²) in [6.45, 7) is 0.394. The average Bonchev–Trinajstić information content (AvgIpc) is 2.87. The van der Waals surface area contributed by atoms with E-state index < -0.39 is 0 Å². The first kappa shape index (κ1) is 15.0. The van der Waals surface area contributed by atoms with Crippen molar-refractivity contribution < 1.29 is 9.18 Å². The molecule has 2 aromatic heterocycles. The highest BCUT2D eigenvalue weighted by atomic mass is 19.1. The lowest BCUT2D eigenvalue weighted by Gasteiger charge is -2.07. The van der Waals surface area contributed by atoms with Crippen LogP contribution in [-0.4, -0.2) is 27.1 Å². The smallest absolute Gasteiger partial charge is 0.319 e. The van der Waals surface area contributed by atoms with Gasteiger partial charge in [0, 0.05) is 26.2 Å². The number of urea groups is 1. The fourth-order valence-corrected chi connectivity index (χ4v) is 2.35. The van der Waals surface area contributed by atoms with Gasteiger partial charge in [-0.2, -0.15) is 0 Å². The Morgan fingerprint density at radius 1 is 1.30 bits per heavy atom. The van der Waals surface area contributed by atoms with Crippen LogP contribution < -0.4 is 10.6 Å². The van der Waals surface area contributed by atoms with Crippen molar-refractivity contribution in [2.45, 2.75) is 6.42 Å². The number of carbonyl (C=O) groups excluding carboxylic acids is 1. The Hall–Kier alpha value is -2.96. The number of halogens is 1. The largest absolute Gasteiger partial charge is 0.337 e. The summed E-state index contributed by atoms with van der Waals surface area (Å²) in [5.41, 5.74) is 1.71. The zero-order valence-corrected chi connectivity index (χ0v) is 12.6. The molecule has 0 fully saturated rings. The molecule has 0 aliphatic heterocycles. The Labute approximate surface area is 132 Å². The molecule has 6 nitrogen and oxygen atoms in total. The maximum Gasteiger partial charge on any atom is 0.319 e. The first-order valence-corrected chi connectivity index (χ1v) is 7.20. The molecule has 7 heteroatoms. The van der Waals surface area contributed by atoms with Gasteiger partial charge in [0.15, 0.2) is 5.82 Å². The molecular weight excluding hydrogens is 297 g/mol. The van der Waals surface area contributed by atoms with Crippen molar-refractivity contribution >= 4 is 22.8 Å². The number of pyridine rings is 1. The predicted octanol–water partition coefficient (Wildman–Crippen LogP) is 2.47. The van der Waals surface area contributed by atoms with Gasteiger partial charge >= 0.3 is 6.03 Å². The van der Waals surface area contributed by atoms with Gasteiger partial charge in [-0.1, -0.05) is 6.07 Å². The molecule has 2 heterocycles. The van der Waals surface area contributed by atoms with Crippen LogP contribution in [-0.2, 0) is 13.5 Å². The molecule has 0 radical (unpaired) electrons. The molecule has 2 N–H and O–H groups in total. The molecule has 0 bridgehead atoms. The zero-order chi connectivity index (χ0) is 16.2. The summed E-state index contributed by atoms with van der Waals surface area (Å²) >= 11 is 0. The third kappa shape index (κ3) is 3.28. The maximum atomic E-state index is 13.7. The minimum atomic E-state index is -0.341. The van der Waals surface area contributed by atoms with Crippen LogP contribution in [0.2, 0.25) is 0 Å². The molecule has 3 aromatic rings. The number of anilines is 1. The van der Waals surface area contributed by atoms with Gasteiger partial charge < -0.3 is 15.2 Å². The van der Waals surface area contributed by atoms with Crippen LogP contribution in [0.25, 0.3) is 11.0 Å². The van der Waals surface area contributed by atoms with Crippen LogP contribution in [0.15, 0.2) is 42.7 Å². The van der Waals surface area contributed by atoms with Gasteiger partial charge in [0.25, 0.3) is 0 Å². The van der Waals surface area contributed by atoms with E-state index in [-0.39, 0.29) is 11.8 Å². The topological polar surface area (TPSA) is 71.8 Å². The van der Waals surface area contributed by atoms with E-state index in [0.717, 1.165) is 5.52 Å². The second-order valence-corrected chi connectivity index (χ2v) is 5.07. The molecule has 0 atom stereocenters. The molecule has 118 valence electrons. The van der Waals surface area contributed by atoms with Crippen LogP contribution in [0, 0.1) is 5.82 Å². The van der Waals surface area contributed by atoms with Gasteiger partial charge in [0.05, 0.1) is 17.4 Å². The summed E-state index contributed by atoms with van der Waals surface area (Å²) in [5, 5.41) is 5.42. The highest BCUT2D eigenvalue weighted by Gasteiger charge is 2.11. The lowest BCUT2D eigenvalue weighted by atomic mass is 10.3. The number of carbonyl (C=O) groups is 1. The summed E-state index contributed by atoms with van der Waals surface area (Å²) in [5.74, 6) is 0.374. The van der Waals surface area contributed by atoms with Crippen molar-refractivity contribution in [1.82, 2.24) is 19.9 Å². The number of para-hydroxylation sites is 1. The second-order valence-electron chi connectivity index (χ2n) is 5.07. The number of hydrogen-bond acceptors (Lipinski definition) is 3. The van der Waals surface area contributed by atoms with Crippen molar-refractivity contribution in [3.05, 3.63) is 54.4 Å². The summed E-state index contributed by atoms with van der Waals surface area (Å²) in [7, 11) is 1.83. The molecule has 23 heavy (non-hydrogen) atoms. The summed E-state index contributed by atoms with van der Waals surface area (Å²) in [6, 6.07) is 8.03. The zero-order valence-electron chi connectivity index (χ0n) is 12.6. The lowest BCUT2D eigenvalue weighted by Crippen LogP contribution is -2.30. The third-order valence-electron chi connectivity index (χ3n) is 3.51. The first-order chi connectivity index (χ1) is 11.1. The van der Waals surface area contributed by atoms with E-state index in [1.807, 2.05) is 17.7 Å². The molecule has 1 aromatic carbocycles. The van der Waals surface area contributed by atoms with Gasteiger partial charge in [-0.15, -0.1) is 0 Å². The molecule has 0 aliphatic carbocycles. The van der Waals surface area contributed by atoms with Crippen LogP contribution in [0.3, 0.4) is 0 Å². The first-order valence-electron chi connectivity index (χ1n) is 7.20. The molecule has 0 saturated carbocycles. The highest BCUT2D eigenvalue weighted by molar-refractivity contribution is 5.88. The van der Waals surface area contributed by atoms with Gasteiger partial charge in [-0.05, 0) is 24.3 Å². The Morgan fingerprint density at radius 3 is 2.91 bits per heavy atom. The van der Waals surface area contributed by atoms with Gasteiger partial charge in [-0.25, -0.2) is 14.2 Å². The SMILES string of the molecule is Cn1c(CCNC(=O)Nc2cccnc2)nc2c(F)cccc21. The van der Waals surface area contributed by atoms with Crippen LogP contribution in [0.1, 0.15) is 5.82 Å². The number of aromatic nitrogens is 3. The van der Waals surface area contributed by atoms with Crippen LogP contribution in [0.5, 0.6) is 0 Å². The lowest BCUT2D eigenvalue weighted by molar-refractivity contribution is 0.252. The second kappa shape index (κ2) is 6.43. The quantitative estimate of drug-likeness (QED) is 0.777. The van der Waals surface area contributed by atoms with E-state index in [1.165, 1.54) is 6.07 Å². The third-order valence-corrected chi connectivity index (χ3v) is 3.51. The average molecular weight is 313 g/mol. The molecule has 0 unspecified atom stereocenters. The van der Waals surface area contributed by atoms with Crippen molar-refractivity contribution in [2.75, 3.05) is 11.9 Å². The van der Waals surface area contributed by atoms with Crippen molar-refractivity contribution in [2.24, 2.45) is 7.05 Å². The molecule has 2 amide bonds. The Balaban J connectivity index is 1.60. The highest BCUT2D eigenvalue weighted by Crippen LogP contribution is 2.17. The number of hydrogen-bond donors (Lipinski definition) is 2. The Bertz CT molecular complexity index is 831. The van der Waals surface area contributed by atoms with Crippen LogP contribution >= 0.6 is 0 Å². The van der Waals surface area contributed by atoms with Gasteiger partial charge in [-0.3, -0.25) is 4.98 Å². The minimum Gasteiger partial charge on any atom is -0.337 e. The number of rotatable bonds is 4. The van der Waals surface area contributed by atoms with E-state index in [0.29, 0.717) is 30.0 Å². The number of benzene rings is 1. The number of imidazole rings is 1. The number of aryl methyl sites for hydroxylation is 1. The van der Waals surface area contributed by atoms with Crippen molar-refractivity contribution in [3.63, 3.8) is 0 Å². The Kier molecular flexibility index (Phi) is 4.18. The predicted molar refractivity (Wildman–Crippen MR) is 85.6 cm³/mol. The van der Waals surface area contributed by atoms with Gasteiger partial charge in [0.2, 0.25) is 0 Å². The fraction of sp³-hybridized carbons (Fsp3) is 0.188. The summed E-state index contributed by atoms with van der Waals surface area (Å²) in [6.07, 6.45) is 3.70. The van der Waals surface area contributed by atoms with E-state index in [4.69, 9.17) is 0 Å². The minimum absolute atomic E-state index is 0.317. The normalized spacial score (nSPS) is 10.7. The van der Waals surface area contributed by atoms with Crippen molar-refractivity contribution in [1.29, 1.82) is 0 Å². The fourth-order valence-electron chi connectivity index (χ4n) is 2.35. The molecule has 0 spiro atoms. The molecule has 3 rings (SSSR count). The Morgan fingerprint density at radius 2 is 2.17 bits per heavy atom. The monoisotopic (exact) mass is 313 g/mol. The molecule has 0 aliphatic rings. The maximum absolute atomic E-state index is 13.7. The number of amides is 2. The number of nitrogens with one attached hydrogen (secondary N) is 2. The van der Waals surface area contributed by atoms with E-state index >= 15 is 0 Å². The molecule has 0 saturated heterocycles. The summed E-state index contributed by atoms with van der Waals surface area (Å²) < 4.78 is 15.5. The van der Waals surface area contributed by atoms with Crippen LogP contribution in [0.4, 0.5) is 14.9 Å². The molecular formula is C16H16FN5O. The van der Waals surface area contributed by atoms with Gasteiger partial charge in [0.1, 0.15) is 11.3 Å². The van der Waals surface area contributed by atoms with E-state index in [1.54, 1.807) is 30.6 Å². The standard InChI is InChI=1S/C16H16FN5O/c1-22-13-6-2-5-12(17)15(13)21-14(22)7-9-19-16(23)20-11-4-3-8-18-10-11/h2-6,8,10H,7,9H2,1H3,(H2,19,20,23). The number of fused-ring (bicyclic) bond motifs is 1. The van der Waals surface area contributed by atoms with E-state index in [9.17, 15) is 9.18 Å². The summed E-state index contributed by atoms with van der Waals surface area (Å²) in [4.78, 5) is 20.0. The number of nitrogens with zero attached hydrogens (tertiary/aromatic N) is 3. The van der Waals surface area contributed by atoms with Crippen molar-refractivity contribution in [3.8, 4) is 0 Å².